The molecule has 0 aliphatic rings. The molecule has 0 unspecified atom stereocenters. The molecule has 0 radical (unpaired) electrons. The highest BCUT2D eigenvalue weighted by molar-refractivity contribution is 5.95. The first-order valence-corrected chi connectivity index (χ1v) is 9.80. The van der Waals surface area contributed by atoms with Gasteiger partial charge in [0, 0.05) is 11.3 Å². The number of anilines is 1. The summed E-state index contributed by atoms with van der Waals surface area (Å²) in [5, 5.41) is 11.8. The Labute approximate surface area is 178 Å². The molecular formula is C23H22N4O4. The molecule has 0 aliphatic heterocycles. The minimum absolute atomic E-state index is 0.133. The second-order valence-corrected chi connectivity index (χ2v) is 7.32. The number of benzene rings is 2. The minimum atomic E-state index is -0.869. The molecule has 31 heavy (non-hydrogen) atoms. The predicted molar refractivity (Wildman–Crippen MR) is 117 cm³/mol. The van der Waals surface area contributed by atoms with E-state index >= 15 is 0 Å². The number of nitrogens with one attached hydrogen (secondary N) is 1. The second-order valence-electron chi connectivity index (χ2n) is 7.32. The maximum atomic E-state index is 13.1. The van der Waals surface area contributed by atoms with Gasteiger partial charge in [-0.2, -0.15) is 5.10 Å². The fourth-order valence-electron chi connectivity index (χ4n) is 3.40. The summed E-state index contributed by atoms with van der Waals surface area (Å²) in [6.45, 7) is 5.28. The van der Waals surface area contributed by atoms with Crippen LogP contribution in [-0.2, 0) is 4.79 Å². The topological polar surface area (TPSA) is 99.2 Å². The summed E-state index contributed by atoms with van der Waals surface area (Å²) in [5.41, 5.74) is 2.56. The Balaban J connectivity index is 1.79. The van der Waals surface area contributed by atoms with E-state index in [2.05, 4.69) is 15.6 Å². The van der Waals surface area contributed by atoms with E-state index in [0.717, 1.165) is 15.8 Å². The molecule has 0 fully saturated rings. The average molecular weight is 418 g/mol. The Morgan fingerprint density at radius 1 is 1.16 bits per heavy atom. The molecule has 2 aromatic carbocycles. The van der Waals surface area contributed by atoms with Crippen LogP contribution in [0.25, 0.3) is 22.2 Å². The van der Waals surface area contributed by atoms with E-state index in [-0.39, 0.29) is 11.4 Å². The lowest BCUT2D eigenvalue weighted by molar-refractivity contribution is -0.119. The van der Waals surface area contributed by atoms with Crippen LogP contribution >= 0.6 is 0 Å². The molecule has 2 heterocycles. The van der Waals surface area contributed by atoms with Crippen LogP contribution in [0.2, 0.25) is 0 Å². The highest BCUT2D eigenvalue weighted by Gasteiger charge is 2.24. The number of ether oxygens (including phenoxy) is 1. The Morgan fingerprint density at radius 3 is 2.58 bits per heavy atom. The van der Waals surface area contributed by atoms with Gasteiger partial charge in [-0.05, 0) is 62.7 Å². The molecule has 1 amide bonds. The van der Waals surface area contributed by atoms with Crippen molar-refractivity contribution in [3.05, 3.63) is 70.2 Å². The van der Waals surface area contributed by atoms with E-state index in [1.54, 1.807) is 39.2 Å². The van der Waals surface area contributed by atoms with Crippen LogP contribution in [-0.4, -0.2) is 28.0 Å². The maximum Gasteiger partial charge on any atom is 0.297 e. The molecule has 0 spiro atoms. The van der Waals surface area contributed by atoms with Crippen molar-refractivity contribution in [1.82, 2.24) is 14.9 Å². The Bertz CT molecular complexity index is 1320. The Morgan fingerprint density at radius 2 is 1.90 bits per heavy atom. The van der Waals surface area contributed by atoms with Gasteiger partial charge in [0.1, 0.15) is 23.2 Å². The maximum absolute atomic E-state index is 13.1. The summed E-state index contributed by atoms with van der Waals surface area (Å²) in [4.78, 5) is 25.9. The third-order valence-electron chi connectivity index (χ3n) is 5.11. The highest BCUT2D eigenvalue weighted by atomic mass is 16.5. The molecule has 1 atom stereocenters. The van der Waals surface area contributed by atoms with Gasteiger partial charge in [0.25, 0.3) is 5.56 Å². The first-order chi connectivity index (χ1) is 14.9. The molecule has 8 nitrogen and oxygen atoms in total. The zero-order chi connectivity index (χ0) is 22.1. The Kier molecular flexibility index (Phi) is 5.29. The fraction of sp³-hybridized carbons (Fsp3) is 0.217. The lowest BCUT2D eigenvalue weighted by Gasteiger charge is -2.16. The number of rotatable bonds is 5. The predicted octanol–water partition coefficient (Wildman–Crippen LogP) is 3.88. The molecule has 4 rings (SSSR count). The number of amides is 1. The summed E-state index contributed by atoms with van der Waals surface area (Å²) in [7, 11) is 1.59. The quantitative estimate of drug-likeness (QED) is 0.528. The van der Waals surface area contributed by atoms with Crippen LogP contribution < -0.4 is 15.6 Å². The summed E-state index contributed by atoms with van der Waals surface area (Å²) in [6, 6.07) is 13.8. The summed E-state index contributed by atoms with van der Waals surface area (Å²) in [6.07, 6.45) is 0. The van der Waals surface area contributed by atoms with Crippen molar-refractivity contribution >= 4 is 22.5 Å². The number of carbonyl (C=O) groups is 1. The number of nitrogens with zero attached hydrogens (tertiary/aromatic N) is 3. The number of aryl methyl sites for hydroxylation is 2. The monoisotopic (exact) mass is 418 g/mol. The normalized spacial score (nSPS) is 12.0. The first kappa shape index (κ1) is 20.3. The van der Waals surface area contributed by atoms with Gasteiger partial charge in [-0.1, -0.05) is 17.3 Å². The lowest BCUT2D eigenvalue weighted by atomic mass is 10.1. The number of hydrogen-bond donors (Lipinski definition) is 1. The third kappa shape index (κ3) is 3.79. The van der Waals surface area contributed by atoms with Gasteiger partial charge in [0.15, 0.2) is 5.52 Å². The fourth-order valence-corrected chi connectivity index (χ4v) is 3.40. The van der Waals surface area contributed by atoms with Gasteiger partial charge in [0.2, 0.25) is 5.91 Å². The lowest BCUT2D eigenvalue weighted by Crippen LogP contribution is -2.34. The molecule has 0 aliphatic carbocycles. The van der Waals surface area contributed by atoms with E-state index in [1.165, 1.54) is 0 Å². The van der Waals surface area contributed by atoms with Crippen LogP contribution in [0.4, 0.5) is 5.69 Å². The van der Waals surface area contributed by atoms with Crippen molar-refractivity contribution in [2.45, 2.75) is 26.8 Å². The van der Waals surface area contributed by atoms with Crippen LogP contribution in [0.1, 0.15) is 24.3 Å². The van der Waals surface area contributed by atoms with Crippen LogP contribution in [0.15, 0.2) is 57.8 Å². The van der Waals surface area contributed by atoms with Gasteiger partial charge >= 0.3 is 0 Å². The standard InChI is InChI=1S/C23H22N4O4/c1-13-6-5-7-17(12-13)24-22(28)14(2)27-23(29)21-19(15(3)31-26-21)20(25-27)16-8-10-18(30-4)11-9-16/h5-12,14H,1-4H3,(H,24,28)/t14-/m1/s1. The molecular weight excluding hydrogens is 396 g/mol. The van der Waals surface area contributed by atoms with Crippen molar-refractivity contribution in [2.75, 3.05) is 12.4 Å². The summed E-state index contributed by atoms with van der Waals surface area (Å²) < 4.78 is 11.6. The molecule has 0 bridgehead atoms. The number of carbonyl (C=O) groups excluding carboxylic acids is 1. The van der Waals surface area contributed by atoms with Crippen molar-refractivity contribution in [1.29, 1.82) is 0 Å². The van der Waals surface area contributed by atoms with E-state index in [4.69, 9.17) is 9.26 Å². The summed E-state index contributed by atoms with van der Waals surface area (Å²) in [5.74, 6) is 0.816. The van der Waals surface area contributed by atoms with Gasteiger partial charge in [0.05, 0.1) is 12.5 Å². The van der Waals surface area contributed by atoms with Crippen molar-refractivity contribution < 1.29 is 14.1 Å². The van der Waals surface area contributed by atoms with Gasteiger partial charge in [-0.15, -0.1) is 0 Å². The van der Waals surface area contributed by atoms with Crippen LogP contribution in [0, 0.1) is 13.8 Å². The molecule has 1 N–H and O–H groups in total. The van der Waals surface area contributed by atoms with Crippen molar-refractivity contribution in [2.24, 2.45) is 0 Å². The van der Waals surface area contributed by atoms with Gasteiger partial charge in [-0.25, -0.2) is 4.68 Å². The summed E-state index contributed by atoms with van der Waals surface area (Å²) >= 11 is 0. The number of methoxy groups -OCH3 is 1. The number of hydrogen-bond acceptors (Lipinski definition) is 6. The first-order valence-electron chi connectivity index (χ1n) is 9.80. The third-order valence-corrected chi connectivity index (χ3v) is 5.11. The van der Waals surface area contributed by atoms with E-state index in [9.17, 15) is 9.59 Å². The van der Waals surface area contributed by atoms with E-state index in [1.807, 2.05) is 37.3 Å². The highest BCUT2D eigenvalue weighted by Crippen LogP contribution is 2.29. The number of aromatic nitrogens is 3. The van der Waals surface area contributed by atoms with E-state index < -0.39 is 11.6 Å². The van der Waals surface area contributed by atoms with Gasteiger partial charge < -0.3 is 14.6 Å². The molecule has 158 valence electrons. The zero-order valence-corrected chi connectivity index (χ0v) is 17.7. The molecule has 0 saturated heterocycles. The Hall–Kier alpha value is -3.94. The zero-order valence-electron chi connectivity index (χ0n) is 17.7. The van der Waals surface area contributed by atoms with E-state index in [0.29, 0.717) is 28.3 Å². The van der Waals surface area contributed by atoms with Crippen molar-refractivity contribution in [3.63, 3.8) is 0 Å². The van der Waals surface area contributed by atoms with Gasteiger partial charge in [-0.3, -0.25) is 9.59 Å². The number of fused-ring (bicyclic) bond motifs is 1. The van der Waals surface area contributed by atoms with Crippen LogP contribution in [0.5, 0.6) is 5.75 Å². The molecule has 0 saturated carbocycles. The minimum Gasteiger partial charge on any atom is -0.497 e. The smallest absolute Gasteiger partial charge is 0.297 e. The van der Waals surface area contributed by atoms with Crippen LogP contribution in [0.3, 0.4) is 0 Å². The average Bonchev–Trinajstić information content (AvgIpc) is 3.16. The second kappa shape index (κ2) is 8.06. The van der Waals surface area contributed by atoms with Crippen molar-refractivity contribution in [3.8, 4) is 17.0 Å². The largest absolute Gasteiger partial charge is 0.497 e. The molecule has 4 aromatic rings. The molecule has 2 aromatic heterocycles. The SMILES string of the molecule is COc1ccc(-c2nn([C@H](C)C(=O)Nc3cccc(C)c3)c(=O)c3noc(C)c23)cc1. The molecule has 8 heteroatoms.